The van der Waals surface area contributed by atoms with Crippen molar-refractivity contribution in [3.8, 4) is 11.8 Å². The van der Waals surface area contributed by atoms with Crippen LogP contribution < -0.4 is 5.32 Å². The summed E-state index contributed by atoms with van der Waals surface area (Å²) in [5.74, 6) is 6.16. The SMILES string of the molecule is CC#CCC(NCCC)c1cc(C)c(C)s1. The molecule has 0 saturated carbocycles. The Hall–Kier alpha value is -0.780. The van der Waals surface area contributed by atoms with Gasteiger partial charge in [0.05, 0.1) is 6.04 Å². The zero-order valence-electron chi connectivity index (χ0n) is 10.7. The van der Waals surface area contributed by atoms with Crippen LogP contribution in [0.4, 0.5) is 0 Å². The molecule has 1 N–H and O–H groups in total. The Morgan fingerprint density at radius 3 is 2.69 bits per heavy atom. The second kappa shape index (κ2) is 6.73. The molecule has 1 rings (SSSR count). The number of hydrogen-bond acceptors (Lipinski definition) is 2. The molecule has 0 aliphatic heterocycles. The van der Waals surface area contributed by atoms with Crippen molar-refractivity contribution in [3.05, 3.63) is 21.4 Å². The Morgan fingerprint density at radius 2 is 2.19 bits per heavy atom. The van der Waals surface area contributed by atoms with Gasteiger partial charge in [0, 0.05) is 16.2 Å². The highest BCUT2D eigenvalue weighted by Gasteiger charge is 2.12. The van der Waals surface area contributed by atoms with Crippen molar-refractivity contribution in [1.29, 1.82) is 0 Å². The predicted octanol–water partition coefficient (Wildman–Crippen LogP) is 3.82. The lowest BCUT2D eigenvalue weighted by Gasteiger charge is -2.13. The zero-order valence-corrected chi connectivity index (χ0v) is 11.5. The second-order valence-electron chi connectivity index (χ2n) is 4.03. The maximum Gasteiger partial charge on any atom is 0.0525 e. The molecule has 16 heavy (non-hydrogen) atoms. The molecule has 0 spiro atoms. The number of thiophene rings is 1. The molecule has 0 fully saturated rings. The van der Waals surface area contributed by atoms with E-state index in [1.54, 1.807) is 0 Å². The van der Waals surface area contributed by atoms with Gasteiger partial charge < -0.3 is 5.32 Å². The third kappa shape index (κ3) is 3.66. The van der Waals surface area contributed by atoms with Crippen molar-refractivity contribution in [2.75, 3.05) is 6.54 Å². The van der Waals surface area contributed by atoms with Gasteiger partial charge >= 0.3 is 0 Å². The van der Waals surface area contributed by atoms with Crippen LogP contribution in [-0.2, 0) is 0 Å². The maximum atomic E-state index is 3.57. The Morgan fingerprint density at radius 1 is 1.44 bits per heavy atom. The number of rotatable bonds is 5. The van der Waals surface area contributed by atoms with Crippen LogP contribution >= 0.6 is 11.3 Å². The number of nitrogens with one attached hydrogen (secondary N) is 1. The molecule has 0 radical (unpaired) electrons. The van der Waals surface area contributed by atoms with E-state index >= 15 is 0 Å². The Bertz CT molecular complexity index is 362. The summed E-state index contributed by atoms with van der Waals surface area (Å²) in [4.78, 5) is 2.84. The van der Waals surface area contributed by atoms with Crippen LogP contribution in [0.2, 0.25) is 0 Å². The third-order valence-corrected chi connectivity index (χ3v) is 3.92. The molecule has 1 aromatic heterocycles. The van der Waals surface area contributed by atoms with Crippen LogP contribution in [0.5, 0.6) is 0 Å². The molecule has 0 aromatic carbocycles. The number of aryl methyl sites for hydroxylation is 2. The van der Waals surface area contributed by atoms with Crippen LogP contribution in [-0.4, -0.2) is 6.54 Å². The van der Waals surface area contributed by atoms with E-state index in [0.717, 1.165) is 13.0 Å². The molecule has 0 saturated heterocycles. The van der Waals surface area contributed by atoms with Gasteiger partial charge in [-0.15, -0.1) is 23.2 Å². The van der Waals surface area contributed by atoms with Crippen molar-refractivity contribution < 1.29 is 0 Å². The highest BCUT2D eigenvalue weighted by molar-refractivity contribution is 7.12. The quantitative estimate of drug-likeness (QED) is 0.765. The fourth-order valence-corrected chi connectivity index (χ4v) is 2.69. The van der Waals surface area contributed by atoms with Crippen LogP contribution in [0.25, 0.3) is 0 Å². The molecule has 1 aromatic rings. The second-order valence-corrected chi connectivity index (χ2v) is 5.31. The van der Waals surface area contributed by atoms with Gasteiger partial charge in [0.1, 0.15) is 0 Å². The molecule has 1 atom stereocenters. The van der Waals surface area contributed by atoms with E-state index in [2.05, 4.69) is 44.0 Å². The molecule has 1 unspecified atom stereocenters. The van der Waals surface area contributed by atoms with Crippen LogP contribution in [0.15, 0.2) is 6.07 Å². The Balaban J connectivity index is 2.76. The van der Waals surface area contributed by atoms with Gasteiger partial charge in [0.2, 0.25) is 0 Å². The highest BCUT2D eigenvalue weighted by atomic mass is 32.1. The summed E-state index contributed by atoms with van der Waals surface area (Å²) in [6, 6.07) is 2.70. The van der Waals surface area contributed by atoms with Gasteiger partial charge in [-0.25, -0.2) is 0 Å². The minimum absolute atomic E-state index is 0.407. The van der Waals surface area contributed by atoms with Gasteiger partial charge in [0.15, 0.2) is 0 Å². The summed E-state index contributed by atoms with van der Waals surface area (Å²) >= 11 is 1.89. The molecule has 2 heteroatoms. The van der Waals surface area contributed by atoms with Crippen molar-refractivity contribution in [2.24, 2.45) is 0 Å². The smallest absolute Gasteiger partial charge is 0.0525 e. The first-order valence-electron chi connectivity index (χ1n) is 5.89. The lowest BCUT2D eigenvalue weighted by atomic mass is 10.1. The third-order valence-electron chi connectivity index (χ3n) is 2.65. The lowest BCUT2D eigenvalue weighted by Crippen LogP contribution is -2.20. The minimum Gasteiger partial charge on any atom is -0.308 e. The molecule has 0 aliphatic rings. The summed E-state index contributed by atoms with van der Waals surface area (Å²) in [5, 5.41) is 3.57. The lowest BCUT2D eigenvalue weighted by molar-refractivity contribution is 0.550. The Labute approximate surface area is 103 Å². The molecule has 0 amide bonds. The summed E-state index contributed by atoms with van der Waals surface area (Å²) in [5.41, 5.74) is 1.40. The standard InChI is InChI=1S/C14H21NS/c1-5-7-8-13(15-9-6-2)14-10-11(3)12(4)16-14/h10,13,15H,6,8-9H2,1-4H3. The van der Waals surface area contributed by atoms with E-state index in [0.29, 0.717) is 6.04 Å². The van der Waals surface area contributed by atoms with Crippen LogP contribution in [0.1, 0.15) is 48.0 Å². The van der Waals surface area contributed by atoms with Crippen LogP contribution in [0, 0.1) is 25.7 Å². The first-order valence-corrected chi connectivity index (χ1v) is 6.70. The molecule has 1 nitrogen and oxygen atoms in total. The van der Waals surface area contributed by atoms with Gasteiger partial charge in [-0.05, 0) is 45.4 Å². The molecule has 88 valence electrons. The first-order chi connectivity index (χ1) is 7.69. The molecular weight excluding hydrogens is 214 g/mol. The van der Waals surface area contributed by atoms with Crippen molar-refractivity contribution >= 4 is 11.3 Å². The van der Waals surface area contributed by atoms with Crippen molar-refractivity contribution in [3.63, 3.8) is 0 Å². The normalized spacial score (nSPS) is 12.0. The summed E-state index contributed by atoms with van der Waals surface area (Å²) < 4.78 is 0. The van der Waals surface area contributed by atoms with E-state index in [9.17, 15) is 0 Å². The topological polar surface area (TPSA) is 12.0 Å². The predicted molar refractivity (Wildman–Crippen MR) is 72.9 cm³/mol. The average Bonchev–Trinajstić information content (AvgIpc) is 2.59. The van der Waals surface area contributed by atoms with Crippen LogP contribution in [0.3, 0.4) is 0 Å². The van der Waals surface area contributed by atoms with Gasteiger partial charge in [0.25, 0.3) is 0 Å². The zero-order chi connectivity index (χ0) is 12.0. The van der Waals surface area contributed by atoms with E-state index in [4.69, 9.17) is 0 Å². The maximum absolute atomic E-state index is 3.57. The van der Waals surface area contributed by atoms with Crippen molar-refractivity contribution in [1.82, 2.24) is 5.32 Å². The molecule has 0 aliphatic carbocycles. The molecule has 1 heterocycles. The van der Waals surface area contributed by atoms with E-state index in [1.165, 1.54) is 21.7 Å². The highest BCUT2D eigenvalue weighted by Crippen LogP contribution is 2.28. The summed E-state index contributed by atoms with van der Waals surface area (Å²) in [6.07, 6.45) is 2.08. The van der Waals surface area contributed by atoms with Gasteiger partial charge in [-0.2, -0.15) is 0 Å². The fraction of sp³-hybridized carbons (Fsp3) is 0.571. The first kappa shape index (κ1) is 13.3. The minimum atomic E-state index is 0.407. The fourth-order valence-electron chi connectivity index (χ4n) is 1.57. The average molecular weight is 235 g/mol. The van der Waals surface area contributed by atoms with Gasteiger partial charge in [-0.3, -0.25) is 0 Å². The Kier molecular flexibility index (Phi) is 5.59. The number of hydrogen-bond donors (Lipinski definition) is 1. The monoisotopic (exact) mass is 235 g/mol. The molecule has 0 bridgehead atoms. The van der Waals surface area contributed by atoms with E-state index in [-0.39, 0.29) is 0 Å². The van der Waals surface area contributed by atoms with E-state index in [1.807, 2.05) is 18.3 Å². The largest absolute Gasteiger partial charge is 0.308 e. The van der Waals surface area contributed by atoms with Crippen molar-refractivity contribution in [2.45, 2.75) is 46.6 Å². The summed E-state index contributed by atoms with van der Waals surface area (Å²) in [6.45, 7) is 9.53. The van der Waals surface area contributed by atoms with E-state index < -0.39 is 0 Å². The molecular formula is C14H21NS. The van der Waals surface area contributed by atoms with Gasteiger partial charge in [-0.1, -0.05) is 6.92 Å². The summed E-state index contributed by atoms with van der Waals surface area (Å²) in [7, 11) is 0.